The molecule has 1 aliphatic rings. The second-order valence-electron chi connectivity index (χ2n) is 6.73. The number of hydrogen-bond acceptors (Lipinski definition) is 5. The Hall–Kier alpha value is -3.43. The number of benzene rings is 1. The molecule has 3 N–H and O–H groups in total. The van der Waals surface area contributed by atoms with Gasteiger partial charge in [-0.15, -0.1) is 0 Å². The van der Waals surface area contributed by atoms with Gasteiger partial charge in [0.1, 0.15) is 5.69 Å². The summed E-state index contributed by atoms with van der Waals surface area (Å²) >= 11 is 0. The van der Waals surface area contributed by atoms with Crippen LogP contribution in [0.5, 0.6) is 0 Å². The number of likely N-dealkylation sites (tertiary alicyclic amines) is 1. The Morgan fingerprint density at radius 3 is 2.62 bits per heavy atom. The van der Waals surface area contributed by atoms with E-state index in [0.717, 1.165) is 18.6 Å². The van der Waals surface area contributed by atoms with Gasteiger partial charge in [0.2, 0.25) is 5.95 Å². The summed E-state index contributed by atoms with van der Waals surface area (Å²) in [6.45, 7) is 0.527. The first kappa shape index (κ1) is 18.9. The van der Waals surface area contributed by atoms with Crippen LogP contribution in [0.2, 0.25) is 0 Å². The van der Waals surface area contributed by atoms with Crippen molar-refractivity contribution in [2.75, 3.05) is 12.3 Å². The van der Waals surface area contributed by atoms with Crippen molar-refractivity contribution >= 4 is 11.9 Å². The molecule has 0 spiro atoms. The van der Waals surface area contributed by atoms with Crippen molar-refractivity contribution in [2.24, 2.45) is 0 Å². The number of nitrogens with zero attached hydrogens (tertiary/aromatic N) is 4. The molecule has 10 heteroatoms. The Morgan fingerprint density at radius 2 is 1.97 bits per heavy atom. The maximum Gasteiger partial charge on any atom is 0.416 e. The molecule has 0 radical (unpaired) electrons. The minimum Gasteiger partial charge on any atom is -0.368 e. The molecule has 1 atom stereocenters. The number of halogens is 3. The molecule has 1 fully saturated rings. The molecule has 1 saturated heterocycles. The first-order valence-corrected chi connectivity index (χ1v) is 8.95. The Morgan fingerprint density at radius 1 is 1.21 bits per heavy atom. The lowest BCUT2D eigenvalue weighted by atomic mass is 9.98. The fraction of sp³-hybridized carbons (Fsp3) is 0.263. The van der Waals surface area contributed by atoms with Gasteiger partial charge in [-0.1, -0.05) is 12.1 Å². The molecule has 3 aromatic rings. The predicted octanol–water partition coefficient (Wildman–Crippen LogP) is 3.45. The molecule has 0 aliphatic carbocycles. The van der Waals surface area contributed by atoms with Crippen LogP contribution in [-0.4, -0.2) is 37.5 Å². The molecular weight excluding hydrogens is 385 g/mol. The maximum absolute atomic E-state index is 12.9. The van der Waals surface area contributed by atoms with Crippen LogP contribution < -0.4 is 5.73 Å². The summed E-state index contributed by atoms with van der Waals surface area (Å²) in [5.74, 6) is -0.183. The van der Waals surface area contributed by atoms with Crippen LogP contribution in [0.4, 0.5) is 19.1 Å². The Balaban J connectivity index is 1.72. The van der Waals surface area contributed by atoms with Gasteiger partial charge in [0.15, 0.2) is 0 Å². The second kappa shape index (κ2) is 7.19. The van der Waals surface area contributed by atoms with Crippen LogP contribution in [0.1, 0.15) is 40.6 Å². The highest BCUT2D eigenvalue weighted by atomic mass is 19.4. The highest BCUT2D eigenvalue weighted by Gasteiger charge is 2.34. The minimum atomic E-state index is -4.42. The SMILES string of the molecule is Nc1ncc(-c2ccc(C(F)(F)F)cc2)c(C2CCCN2C(=O)c2ccn[nH]2)n1. The third kappa shape index (κ3) is 3.65. The molecule has 1 unspecified atom stereocenters. The summed E-state index contributed by atoms with van der Waals surface area (Å²) < 4.78 is 38.6. The lowest BCUT2D eigenvalue weighted by Crippen LogP contribution is -2.31. The first-order valence-electron chi connectivity index (χ1n) is 8.95. The summed E-state index contributed by atoms with van der Waals surface area (Å²) in [4.78, 5) is 22.8. The molecule has 150 valence electrons. The molecule has 1 aliphatic heterocycles. The van der Waals surface area contributed by atoms with Gasteiger partial charge < -0.3 is 10.6 Å². The monoisotopic (exact) mass is 402 g/mol. The Bertz CT molecular complexity index is 1020. The van der Waals surface area contributed by atoms with Crippen molar-refractivity contribution in [1.82, 2.24) is 25.1 Å². The molecule has 2 aromatic heterocycles. The van der Waals surface area contributed by atoms with Crippen LogP contribution in [-0.2, 0) is 6.18 Å². The van der Waals surface area contributed by atoms with Gasteiger partial charge in [0.25, 0.3) is 5.91 Å². The van der Waals surface area contributed by atoms with E-state index < -0.39 is 11.7 Å². The Kier molecular flexibility index (Phi) is 4.69. The zero-order valence-corrected chi connectivity index (χ0v) is 15.1. The van der Waals surface area contributed by atoms with E-state index in [9.17, 15) is 18.0 Å². The summed E-state index contributed by atoms with van der Waals surface area (Å²) in [7, 11) is 0. The molecule has 1 aromatic carbocycles. The predicted molar refractivity (Wildman–Crippen MR) is 98.5 cm³/mol. The molecule has 7 nitrogen and oxygen atoms in total. The zero-order valence-electron chi connectivity index (χ0n) is 15.1. The number of aromatic amines is 1. The molecular formula is C19H17F3N6O. The van der Waals surface area contributed by atoms with Crippen LogP contribution in [0.3, 0.4) is 0 Å². The van der Waals surface area contributed by atoms with Gasteiger partial charge in [-0.3, -0.25) is 9.89 Å². The Labute approximate surface area is 163 Å². The van der Waals surface area contributed by atoms with E-state index in [0.29, 0.717) is 35.5 Å². The molecule has 1 amide bonds. The summed E-state index contributed by atoms with van der Waals surface area (Å²) in [5, 5.41) is 6.47. The van der Waals surface area contributed by atoms with Gasteiger partial charge in [0, 0.05) is 24.5 Å². The molecule has 0 saturated carbocycles. The van der Waals surface area contributed by atoms with Gasteiger partial charge in [-0.05, 0) is 36.6 Å². The average molecular weight is 402 g/mol. The lowest BCUT2D eigenvalue weighted by Gasteiger charge is -2.25. The number of hydrogen-bond donors (Lipinski definition) is 2. The van der Waals surface area contributed by atoms with Crippen molar-refractivity contribution in [3.63, 3.8) is 0 Å². The van der Waals surface area contributed by atoms with Crippen LogP contribution in [0.25, 0.3) is 11.1 Å². The van der Waals surface area contributed by atoms with Crippen LogP contribution >= 0.6 is 0 Å². The topological polar surface area (TPSA) is 101 Å². The average Bonchev–Trinajstić information content (AvgIpc) is 3.39. The van der Waals surface area contributed by atoms with Crippen LogP contribution in [0, 0.1) is 0 Å². The van der Waals surface area contributed by atoms with Crippen molar-refractivity contribution < 1.29 is 18.0 Å². The van der Waals surface area contributed by atoms with Gasteiger partial charge in [-0.2, -0.15) is 18.3 Å². The fourth-order valence-corrected chi connectivity index (χ4v) is 3.55. The van der Waals surface area contributed by atoms with E-state index in [1.165, 1.54) is 24.5 Å². The van der Waals surface area contributed by atoms with Gasteiger partial charge >= 0.3 is 6.18 Å². The number of carbonyl (C=O) groups excluding carboxylic acids is 1. The van der Waals surface area contributed by atoms with E-state index >= 15 is 0 Å². The second-order valence-corrected chi connectivity index (χ2v) is 6.73. The smallest absolute Gasteiger partial charge is 0.368 e. The number of nitrogens with one attached hydrogen (secondary N) is 1. The molecule has 3 heterocycles. The molecule has 29 heavy (non-hydrogen) atoms. The van der Waals surface area contributed by atoms with E-state index in [2.05, 4.69) is 20.2 Å². The highest BCUT2D eigenvalue weighted by molar-refractivity contribution is 5.92. The number of nitrogen functional groups attached to an aromatic ring is 1. The number of aromatic nitrogens is 4. The maximum atomic E-state index is 12.9. The van der Waals surface area contributed by atoms with Gasteiger partial charge in [0.05, 0.1) is 17.3 Å². The van der Waals surface area contributed by atoms with E-state index in [4.69, 9.17) is 5.73 Å². The van der Waals surface area contributed by atoms with Crippen molar-refractivity contribution in [2.45, 2.75) is 25.1 Å². The summed E-state index contributed by atoms with van der Waals surface area (Å²) in [6, 6.07) is 5.99. The van der Waals surface area contributed by atoms with E-state index in [1.807, 2.05) is 0 Å². The largest absolute Gasteiger partial charge is 0.416 e. The molecule has 4 rings (SSSR count). The van der Waals surface area contributed by atoms with Crippen molar-refractivity contribution in [3.05, 3.63) is 59.7 Å². The fourth-order valence-electron chi connectivity index (χ4n) is 3.55. The third-order valence-corrected chi connectivity index (χ3v) is 4.92. The quantitative estimate of drug-likeness (QED) is 0.699. The standard InChI is InChI=1S/C19H17F3N6O/c20-19(21,22)12-5-3-11(4-6-12)13-10-24-18(23)26-16(13)15-2-1-9-28(15)17(29)14-7-8-25-27-14/h3-8,10,15H,1-2,9H2,(H,25,27)(H2,23,24,26). The number of amides is 1. The van der Waals surface area contributed by atoms with E-state index in [1.54, 1.807) is 11.0 Å². The van der Waals surface area contributed by atoms with Crippen LogP contribution in [0.15, 0.2) is 42.7 Å². The summed E-state index contributed by atoms with van der Waals surface area (Å²) in [6.07, 6.45) is -0.0192. The number of carbonyl (C=O) groups is 1. The zero-order chi connectivity index (χ0) is 20.6. The lowest BCUT2D eigenvalue weighted by molar-refractivity contribution is -0.137. The van der Waals surface area contributed by atoms with E-state index in [-0.39, 0.29) is 17.9 Å². The number of rotatable bonds is 3. The minimum absolute atomic E-state index is 0.0384. The van der Waals surface area contributed by atoms with Crippen molar-refractivity contribution in [1.29, 1.82) is 0 Å². The third-order valence-electron chi connectivity index (χ3n) is 4.92. The number of alkyl halides is 3. The normalized spacial score (nSPS) is 16.9. The number of anilines is 1. The first-order chi connectivity index (χ1) is 13.8. The molecule has 0 bridgehead atoms. The van der Waals surface area contributed by atoms with Crippen molar-refractivity contribution in [3.8, 4) is 11.1 Å². The summed E-state index contributed by atoms with van der Waals surface area (Å²) in [5.41, 5.74) is 6.98. The number of nitrogens with two attached hydrogens (primary N) is 1. The highest BCUT2D eigenvalue weighted by Crippen LogP contribution is 2.38. The number of H-pyrrole nitrogens is 1. The van der Waals surface area contributed by atoms with Gasteiger partial charge in [-0.25, -0.2) is 9.97 Å².